The first-order valence-electron chi connectivity index (χ1n) is 9.41. The Morgan fingerprint density at radius 2 is 2.08 bits per heavy atom. The molecule has 5 rings (SSSR count). The summed E-state index contributed by atoms with van der Waals surface area (Å²) in [5, 5.41) is 1.36. The number of fused-ring (bicyclic) bond motifs is 2. The summed E-state index contributed by atoms with van der Waals surface area (Å²) in [5.41, 5.74) is 3.67. The molecule has 2 heterocycles. The summed E-state index contributed by atoms with van der Waals surface area (Å²) in [4.78, 5) is 5.97. The maximum atomic E-state index is 6.38. The van der Waals surface area contributed by atoms with Crippen molar-refractivity contribution in [3.05, 3.63) is 65.9 Å². The maximum absolute atomic E-state index is 6.38. The predicted octanol–water partition coefficient (Wildman–Crippen LogP) is 3.72. The molecular weight excluding hydrogens is 324 g/mol. The van der Waals surface area contributed by atoms with Gasteiger partial charge in [0, 0.05) is 36.2 Å². The van der Waals surface area contributed by atoms with Gasteiger partial charge in [0.05, 0.1) is 6.61 Å². The van der Waals surface area contributed by atoms with E-state index >= 15 is 0 Å². The highest BCUT2D eigenvalue weighted by atomic mass is 16.5. The molecule has 1 aliphatic carbocycles. The Kier molecular flexibility index (Phi) is 3.76. The fourth-order valence-corrected chi connectivity index (χ4v) is 4.66. The van der Waals surface area contributed by atoms with E-state index in [0.29, 0.717) is 12.6 Å². The van der Waals surface area contributed by atoms with Crippen LogP contribution in [0.3, 0.4) is 0 Å². The van der Waals surface area contributed by atoms with Crippen molar-refractivity contribution < 1.29 is 9.47 Å². The molecule has 4 heteroatoms. The monoisotopic (exact) mass is 348 g/mol. The third kappa shape index (κ3) is 2.44. The number of ether oxygens (including phenoxy) is 2. The van der Waals surface area contributed by atoms with Crippen LogP contribution in [0.25, 0.3) is 10.9 Å². The van der Waals surface area contributed by atoms with Crippen LogP contribution in [0.5, 0.6) is 5.75 Å². The van der Waals surface area contributed by atoms with Crippen LogP contribution in [0.2, 0.25) is 0 Å². The smallest absolute Gasteiger partial charge is 0.119 e. The van der Waals surface area contributed by atoms with Crippen LogP contribution in [0.4, 0.5) is 0 Å². The molecule has 134 valence electrons. The van der Waals surface area contributed by atoms with Crippen molar-refractivity contribution in [3.8, 4) is 5.75 Å². The summed E-state index contributed by atoms with van der Waals surface area (Å²) in [6, 6.07) is 16.9. The third-order valence-corrected chi connectivity index (χ3v) is 5.98. The lowest BCUT2D eigenvalue weighted by Gasteiger charge is -2.50. The Morgan fingerprint density at radius 1 is 1.19 bits per heavy atom. The van der Waals surface area contributed by atoms with Crippen molar-refractivity contribution in [1.29, 1.82) is 0 Å². The summed E-state index contributed by atoms with van der Waals surface area (Å²) in [7, 11) is 0. The number of morpholine rings is 1. The molecule has 0 amide bonds. The van der Waals surface area contributed by atoms with Gasteiger partial charge in [-0.15, -0.1) is 0 Å². The van der Waals surface area contributed by atoms with Crippen molar-refractivity contribution >= 4 is 10.9 Å². The van der Waals surface area contributed by atoms with Gasteiger partial charge in [-0.05, 0) is 42.7 Å². The summed E-state index contributed by atoms with van der Waals surface area (Å²) >= 11 is 0. The van der Waals surface area contributed by atoms with Gasteiger partial charge in [0.25, 0.3) is 0 Å². The minimum Gasteiger partial charge on any atom is -0.492 e. The molecule has 2 aliphatic rings. The molecule has 0 bridgehead atoms. The van der Waals surface area contributed by atoms with E-state index in [1.165, 1.54) is 22.0 Å². The number of nitrogens with zero attached hydrogens (tertiary/aromatic N) is 1. The van der Waals surface area contributed by atoms with Gasteiger partial charge in [-0.2, -0.15) is 0 Å². The number of rotatable bonds is 4. The highest BCUT2D eigenvalue weighted by Gasteiger charge is 2.47. The van der Waals surface area contributed by atoms with Gasteiger partial charge < -0.3 is 14.5 Å². The van der Waals surface area contributed by atoms with Crippen LogP contribution >= 0.6 is 0 Å². The Bertz CT molecular complexity index is 920. The molecule has 2 unspecified atom stereocenters. The van der Waals surface area contributed by atoms with Crippen LogP contribution < -0.4 is 4.74 Å². The molecule has 1 aliphatic heterocycles. The fraction of sp³-hybridized carbons (Fsp3) is 0.364. The standard InChI is InChI=1S/C22H24N2O2/c1-22-18-8-5-9-19-21(18)16(15-23-19)14-20(22)24(11-13-26-22)10-12-25-17-6-3-2-4-7-17/h2-9,15,20,23H,10-14H2,1H3. The van der Waals surface area contributed by atoms with Gasteiger partial charge in [0.2, 0.25) is 0 Å². The number of hydrogen-bond donors (Lipinski definition) is 1. The lowest BCUT2D eigenvalue weighted by Crippen LogP contribution is -2.59. The number of hydrogen-bond acceptors (Lipinski definition) is 3. The highest BCUT2D eigenvalue weighted by molar-refractivity contribution is 5.88. The van der Waals surface area contributed by atoms with Gasteiger partial charge in [-0.3, -0.25) is 4.90 Å². The Hall–Kier alpha value is -2.30. The van der Waals surface area contributed by atoms with Crippen molar-refractivity contribution in [2.24, 2.45) is 0 Å². The van der Waals surface area contributed by atoms with E-state index in [9.17, 15) is 0 Å². The zero-order valence-electron chi connectivity index (χ0n) is 15.1. The van der Waals surface area contributed by atoms with Crippen LogP contribution in [0.15, 0.2) is 54.7 Å². The number of aromatic nitrogens is 1. The van der Waals surface area contributed by atoms with Gasteiger partial charge in [0.1, 0.15) is 18.0 Å². The Balaban J connectivity index is 1.39. The molecule has 0 saturated carbocycles. The zero-order chi connectivity index (χ0) is 17.6. The second-order valence-corrected chi connectivity index (χ2v) is 7.41. The molecule has 1 aromatic heterocycles. The SMILES string of the molecule is CC12OCCN(CCOc3ccccc3)C1Cc1c[nH]c3cccc2c13. The average molecular weight is 348 g/mol. The number of aromatic amines is 1. The van der Waals surface area contributed by atoms with Crippen molar-refractivity contribution in [2.75, 3.05) is 26.3 Å². The third-order valence-electron chi connectivity index (χ3n) is 5.98. The van der Waals surface area contributed by atoms with E-state index in [0.717, 1.165) is 31.9 Å². The molecule has 1 saturated heterocycles. The largest absolute Gasteiger partial charge is 0.492 e. The maximum Gasteiger partial charge on any atom is 0.119 e. The second-order valence-electron chi connectivity index (χ2n) is 7.41. The lowest BCUT2D eigenvalue weighted by atomic mass is 9.76. The van der Waals surface area contributed by atoms with Gasteiger partial charge in [-0.1, -0.05) is 30.3 Å². The van der Waals surface area contributed by atoms with Crippen molar-refractivity contribution in [3.63, 3.8) is 0 Å². The first-order valence-corrected chi connectivity index (χ1v) is 9.41. The van der Waals surface area contributed by atoms with Crippen LogP contribution in [0, 0.1) is 0 Å². The van der Waals surface area contributed by atoms with Gasteiger partial charge in [-0.25, -0.2) is 0 Å². The van der Waals surface area contributed by atoms with Crippen LogP contribution in [0.1, 0.15) is 18.1 Å². The minimum atomic E-state index is -0.264. The van der Waals surface area contributed by atoms with E-state index in [2.05, 4.69) is 41.2 Å². The molecule has 3 aromatic rings. The first kappa shape index (κ1) is 15.9. The number of H-pyrrole nitrogens is 1. The molecule has 2 atom stereocenters. The summed E-state index contributed by atoms with van der Waals surface area (Å²) in [5.74, 6) is 0.935. The van der Waals surface area contributed by atoms with Crippen LogP contribution in [-0.2, 0) is 16.8 Å². The van der Waals surface area contributed by atoms with E-state index < -0.39 is 0 Å². The minimum absolute atomic E-state index is 0.264. The quantitative estimate of drug-likeness (QED) is 0.781. The lowest BCUT2D eigenvalue weighted by molar-refractivity contribution is -0.145. The van der Waals surface area contributed by atoms with E-state index in [-0.39, 0.29) is 5.60 Å². The van der Waals surface area contributed by atoms with Crippen molar-refractivity contribution in [1.82, 2.24) is 9.88 Å². The normalized spacial score (nSPS) is 25.2. The molecule has 0 spiro atoms. The van der Waals surface area contributed by atoms with Crippen LogP contribution in [-0.4, -0.2) is 42.2 Å². The summed E-state index contributed by atoms with van der Waals surface area (Å²) < 4.78 is 12.3. The molecule has 1 N–H and O–H groups in total. The van der Waals surface area contributed by atoms with E-state index in [1.54, 1.807) is 0 Å². The molecule has 26 heavy (non-hydrogen) atoms. The Morgan fingerprint density at radius 3 is 2.96 bits per heavy atom. The molecule has 2 aromatic carbocycles. The zero-order valence-corrected chi connectivity index (χ0v) is 15.1. The number of nitrogens with one attached hydrogen (secondary N) is 1. The summed E-state index contributed by atoms with van der Waals surface area (Å²) in [6.07, 6.45) is 3.18. The molecule has 1 fully saturated rings. The Labute approximate surface area is 153 Å². The topological polar surface area (TPSA) is 37.5 Å². The average Bonchev–Trinajstić information content (AvgIpc) is 3.08. The number of para-hydroxylation sites is 1. The number of benzene rings is 2. The van der Waals surface area contributed by atoms with E-state index in [4.69, 9.17) is 9.47 Å². The molecule has 4 nitrogen and oxygen atoms in total. The summed E-state index contributed by atoms with van der Waals surface area (Å²) in [6.45, 7) is 5.57. The van der Waals surface area contributed by atoms with Gasteiger partial charge in [0.15, 0.2) is 0 Å². The van der Waals surface area contributed by atoms with Gasteiger partial charge >= 0.3 is 0 Å². The molecule has 0 radical (unpaired) electrons. The fourth-order valence-electron chi connectivity index (χ4n) is 4.66. The molecular formula is C22H24N2O2. The highest BCUT2D eigenvalue weighted by Crippen LogP contribution is 2.45. The van der Waals surface area contributed by atoms with E-state index in [1.807, 2.05) is 30.3 Å². The predicted molar refractivity (Wildman–Crippen MR) is 103 cm³/mol. The first-order chi connectivity index (χ1) is 12.8. The van der Waals surface area contributed by atoms with Crippen molar-refractivity contribution in [2.45, 2.75) is 25.0 Å². The second kappa shape index (κ2) is 6.15.